The lowest BCUT2D eigenvalue weighted by Crippen LogP contribution is -2.58. The number of carboxylic acid groups (broad SMARTS) is 1. The van der Waals surface area contributed by atoms with E-state index in [1.165, 1.54) is 11.0 Å². The molecule has 2 aromatic carbocycles. The first-order chi connectivity index (χ1) is 26.6. The molecule has 1 spiro atoms. The van der Waals surface area contributed by atoms with Crippen LogP contribution >= 0.6 is 0 Å². The largest absolute Gasteiger partial charge is 0.481 e. The minimum absolute atomic E-state index is 0.0535. The van der Waals surface area contributed by atoms with Crippen LogP contribution in [0.2, 0.25) is 0 Å². The van der Waals surface area contributed by atoms with E-state index in [0.717, 1.165) is 29.2 Å². The molecule has 0 aliphatic carbocycles. The molecule has 4 amide bonds. The van der Waals surface area contributed by atoms with Crippen molar-refractivity contribution in [3.8, 4) is 22.9 Å². The summed E-state index contributed by atoms with van der Waals surface area (Å²) in [6, 6.07) is 5.72. The van der Waals surface area contributed by atoms with E-state index in [2.05, 4.69) is 15.0 Å². The number of aliphatic carboxylic acids is 1. The third kappa shape index (κ3) is 8.90. The van der Waals surface area contributed by atoms with E-state index in [-0.39, 0.29) is 68.5 Å². The van der Waals surface area contributed by atoms with E-state index in [4.69, 9.17) is 19.1 Å². The van der Waals surface area contributed by atoms with Gasteiger partial charge in [0.25, 0.3) is 5.91 Å². The predicted molar refractivity (Wildman–Crippen MR) is 181 cm³/mol. The number of unbranched alkanes of at least 4 members (excludes halogenated alkanes) is 1. The van der Waals surface area contributed by atoms with Crippen LogP contribution in [0.1, 0.15) is 55.5 Å². The molecule has 4 heterocycles. The fraction of sp³-hybridized carbons (Fsp3) is 0.500. The normalized spacial score (nSPS) is 17.9. The number of morpholine rings is 1. The molecule has 14 nitrogen and oxygen atoms in total. The van der Waals surface area contributed by atoms with Crippen LogP contribution in [0.4, 0.5) is 31.1 Å². The van der Waals surface area contributed by atoms with Crippen LogP contribution in [0, 0.1) is 0 Å². The van der Waals surface area contributed by atoms with Crippen molar-refractivity contribution in [3.05, 3.63) is 59.5 Å². The molecule has 1 aromatic heterocycles. The van der Waals surface area contributed by atoms with Crippen LogP contribution in [-0.4, -0.2) is 117 Å². The number of benzene rings is 2. The number of halogens is 6. The minimum Gasteiger partial charge on any atom is -0.481 e. The zero-order chi connectivity index (χ0) is 40.3. The summed E-state index contributed by atoms with van der Waals surface area (Å²) in [5.41, 5.74) is -4.21. The van der Waals surface area contributed by atoms with E-state index in [0.29, 0.717) is 57.8 Å². The Balaban J connectivity index is 1.19. The van der Waals surface area contributed by atoms with Gasteiger partial charge < -0.3 is 28.9 Å². The van der Waals surface area contributed by atoms with E-state index in [1.54, 1.807) is 4.90 Å². The lowest BCUT2D eigenvalue weighted by Gasteiger charge is -2.43. The Morgan fingerprint density at radius 2 is 1.52 bits per heavy atom. The molecular formula is C36H38F6N6O8. The number of hydrogen-bond acceptors (Lipinski definition) is 10. The van der Waals surface area contributed by atoms with E-state index in [9.17, 15) is 45.5 Å². The number of carboxylic acids is 1. The van der Waals surface area contributed by atoms with Crippen molar-refractivity contribution < 1.29 is 64.6 Å². The Kier molecular flexibility index (Phi) is 11.9. The Bertz CT molecular complexity index is 1920. The fourth-order valence-corrected chi connectivity index (χ4v) is 7.08. The van der Waals surface area contributed by atoms with Crippen LogP contribution in [0.3, 0.4) is 0 Å². The average Bonchev–Trinajstić information content (AvgIpc) is 3.70. The molecular weight excluding hydrogens is 758 g/mol. The van der Waals surface area contributed by atoms with Gasteiger partial charge in [-0.15, -0.1) is 0 Å². The number of likely N-dealkylation sites (tertiary alicyclic amines) is 1. The highest BCUT2D eigenvalue weighted by atomic mass is 19.4. The van der Waals surface area contributed by atoms with Crippen molar-refractivity contribution >= 4 is 23.8 Å². The number of piperidine rings is 1. The molecule has 56 heavy (non-hydrogen) atoms. The zero-order valence-corrected chi connectivity index (χ0v) is 29.9. The smallest absolute Gasteiger partial charge is 0.420 e. The van der Waals surface area contributed by atoms with E-state index in [1.807, 2.05) is 0 Å². The summed E-state index contributed by atoms with van der Waals surface area (Å²) in [6.45, 7) is 2.75. The number of hydrogen-bond donors (Lipinski definition) is 1. The van der Waals surface area contributed by atoms with Crippen LogP contribution in [0.5, 0.6) is 11.5 Å². The molecule has 3 saturated heterocycles. The maximum absolute atomic E-state index is 14.2. The summed E-state index contributed by atoms with van der Waals surface area (Å²) in [5.74, 6) is -4.04. The van der Waals surface area contributed by atoms with Gasteiger partial charge in [-0.05, 0) is 56.0 Å². The molecule has 302 valence electrons. The fourth-order valence-electron chi connectivity index (χ4n) is 7.08. The highest BCUT2D eigenvalue weighted by molar-refractivity contribution is 6.07. The van der Waals surface area contributed by atoms with Crippen LogP contribution in [-0.2, 0) is 38.0 Å². The Morgan fingerprint density at radius 1 is 0.857 bits per heavy atom. The second kappa shape index (κ2) is 16.5. The Hall–Kier alpha value is -5.24. The van der Waals surface area contributed by atoms with Gasteiger partial charge in [0.15, 0.2) is 0 Å². The second-order valence-electron chi connectivity index (χ2n) is 13.6. The topological polar surface area (TPSA) is 159 Å². The average molecular weight is 797 g/mol. The summed E-state index contributed by atoms with van der Waals surface area (Å²) >= 11 is 0. The van der Waals surface area contributed by atoms with Gasteiger partial charge in [-0.1, -0.05) is 17.3 Å². The molecule has 0 bridgehead atoms. The SMILES string of the molecule is O=C(O)CCCCC(=O)N1CCC2(CC1)C(=O)N(Cc1nc(-c3ccc(Oc4ccccc4C(F)(F)F)c(C(F)(F)F)c3)no1)C(=O)N2CCN1CCOCC1. The monoisotopic (exact) mass is 796 g/mol. The van der Waals surface area contributed by atoms with Gasteiger partial charge >= 0.3 is 24.4 Å². The summed E-state index contributed by atoms with van der Waals surface area (Å²) < 4.78 is 98.9. The first-order valence-corrected chi connectivity index (χ1v) is 17.9. The van der Waals surface area contributed by atoms with Gasteiger partial charge in [0.2, 0.25) is 17.6 Å². The second-order valence-corrected chi connectivity index (χ2v) is 13.6. The standard InChI is InChI=1S/C36H38F6N6O8/c37-35(38,39)24-5-1-2-6-26(24)55-27-10-9-23(21-25(27)36(40,41)42)31-43-28(56-44-31)22-47-32(52)34(48(33(47)53)16-15-45-17-19-54-20-18-45)11-13-46(14-12-34)29(49)7-3-4-8-30(50)51/h1-2,5-6,9-10,21H,3-4,7-8,11-20,22H2,(H,50,51). The predicted octanol–water partition coefficient (Wildman–Crippen LogP) is 5.67. The van der Waals surface area contributed by atoms with Gasteiger partial charge in [-0.2, -0.15) is 31.3 Å². The van der Waals surface area contributed by atoms with E-state index >= 15 is 0 Å². The van der Waals surface area contributed by atoms with Crippen molar-refractivity contribution in [2.75, 3.05) is 52.5 Å². The Labute approximate surface area is 315 Å². The number of urea groups is 1. The molecule has 3 aromatic rings. The highest BCUT2D eigenvalue weighted by Crippen LogP contribution is 2.44. The van der Waals surface area contributed by atoms with Crippen LogP contribution in [0.15, 0.2) is 47.0 Å². The minimum atomic E-state index is -5.07. The summed E-state index contributed by atoms with van der Waals surface area (Å²) in [4.78, 5) is 62.2. The summed E-state index contributed by atoms with van der Waals surface area (Å²) in [7, 11) is 0. The van der Waals surface area contributed by atoms with Crippen LogP contribution in [0.25, 0.3) is 11.4 Å². The first kappa shape index (κ1) is 40.4. The number of carbonyl (C=O) groups is 4. The summed E-state index contributed by atoms with van der Waals surface area (Å²) in [6.07, 6.45) is -8.87. The van der Waals surface area contributed by atoms with Crippen molar-refractivity contribution in [3.63, 3.8) is 0 Å². The number of para-hydroxylation sites is 1. The van der Waals surface area contributed by atoms with Gasteiger partial charge in [0.1, 0.15) is 23.6 Å². The van der Waals surface area contributed by atoms with Crippen molar-refractivity contribution in [1.29, 1.82) is 0 Å². The zero-order valence-electron chi connectivity index (χ0n) is 29.9. The summed E-state index contributed by atoms with van der Waals surface area (Å²) in [5, 5.41) is 12.6. The molecule has 3 aliphatic heterocycles. The van der Waals surface area contributed by atoms with E-state index < -0.39 is 65.0 Å². The van der Waals surface area contributed by atoms with Gasteiger partial charge in [0.05, 0.1) is 24.3 Å². The lowest BCUT2D eigenvalue weighted by atomic mass is 9.85. The molecule has 1 N–H and O–H groups in total. The number of aromatic nitrogens is 2. The quantitative estimate of drug-likeness (QED) is 0.129. The number of ether oxygens (including phenoxy) is 2. The molecule has 6 rings (SSSR count). The highest BCUT2D eigenvalue weighted by Gasteiger charge is 2.58. The molecule has 20 heteroatoms. The number of imide groups is 1. The lowest BCUT2D eigenvalue weighted by molar-refractivity contribution is -0.141. The van der Waals surface area contributed by atoms with Crippen molar-refractivity contribution in [1.82, 2.24) is 29.7 Å². The van der Waals surface area contributed by atoms with Crippen molar-refractivity contribution in [2.24, 2.45) is 0 Å². The van der Waals surface area contributed by atoms with Gasteiger partial charge in [-0.3, -0.25) is 24.2 Å². The third-order valence-electron chi connectivity index (χ3n) is 10.1. The molecule has 3 aliphatic rings. The molecule has 3 fully saturated rings. The van der Waals surface area contributed by atoms with Crippen molar-refractivity contribution in [2.45, 2.75) is 63.0 Å². The maximum atomic E-state index is 14.2. The first-order valence-electron chi connectivity index (χ1n) is 17.9. The number of alkyl halides is 6. The molecule has 0 unspecified atom stereocenters. The van der Waals surface area contributed by atoms with Gasteiger partial charge in [-0.25, -0.2) is 4.79 Å². The third-order valence-corrected chi connectivity index (χ3v) is 10.1. The maximum Gasteiger partial charge on any atom is 0.420 e. The molecule has 0 saturated carbocycles. The molecule has 0 atom stereocenters. The van der Waals surface area contributed by atoms with Crippen LogP contribution < -0.4 is 4.74 Å². The molecule has 0 radical (unpaired) electrons. The number of nitrogens with zero attached hydrogens (tertiary/aromatic N) is 6. The number of carbonyl (C=O) groups excluding carboxylic acids is 3. The Morgan fingerprint density at radius 3 is 2.20 bits per heavy atom. The number of rotatable bonds is 13. The van der Waals surface area contributed by atoms with Gasteiger partial charge in [0, 0.05) is 57.7 Å². The number of amides is 4.